The van der Waals surface area contributed by atoms with Gasteiger partial charge in [-0.05, 0) is 173 Å². The molecule has 0 saturated heterocycles. The van der Waals surface area contributed by atoms with Crippen LogP contribution < -0.4 is 4.90 Å². The molecule has 85 heavy (non-hydrogen) atoms. The lowest BCUT2D eigenvalue weighted by molar-refractivity contribution is 0.660. The van der Waals surface area contributed by atoms with Gasteiger partial charge in [0.1, 0.15) is 0 Å². The van der Waals surface area contributed by atoms with Crippen molar-refractivity contribution in [2.24, 2.45) is 0 Å². The Balaban J connectivity index is 0.847. The highest BCUT2D eigenvalue weighted by Gasteiger charge is 2.48. The number of hydrogen-bond acceptors (Lipinski definition) is 1. The summed E-state index contributed by atoms with van der Waals surface area (Å²) in [6, 6.07) is 118. The molecule has 1 aromatic heterocycles. The van der Waals surface area contributed by atoms with E-state index < -0.39 is 10.8 Å². The molecule has 0 bridgehead atoms. The van der Waals surface area contributed by atoms with Gasteiger partial charge in [0.25, 0.3) is 0 Å². The molecule has 0 fully saturated rings. The summed E-state index contributed by atoms with van der Waals surface area (Å²) in [5, 5.41) is 2.44. The fourth-order valence-corrected chi connectivity index (χ4v) is 15.7. The average molecular weight is 1080 g/mol. The van der Waals surface area contributed by atoms with E-state index >= 15 is 0 Å². The van der Waals surface area contributed by atoms with Gasteiger partial charge in [0.05, 0.1) is 21.9 Å². The first-order valence-electron chi connectivity index (χ1n) is 29.8. The van der Waals surface area contributed by atoms with Gasteiger partial charge in [-0.2, -0.15) is 0 Å². The third-order valence-electron chi connectivity index (χ3n) is 19.4. The van der Waals surface area contributed by atoms with E-state index in [4.69, 9.17) is 0 Å². The summed E-state index contributed by atoms with van der Waals surface area (Å²) >= 11 is 0. The standard InChI is InChI=1S/C83H58N2/c1-81(2)73-35-19-15-31-65(73)69-47-45-63(53-77(69)81)84(64-46-48-70-68-34-18-20-36-74(68)82(78(70)54-64,57-23-7-3-8-24-57)58-25-9-4-10-26-58)62-43-39-55(40-44-62)56-41-49-79-71(51-56)72-52-60(42-50-80(72)85(79)61-29-13-6-14-30-61)83(59-27-11-5-12-28-59)75-37-21-16-32-66(75)67-33-17-22-38-76(67)83/h3-54H,1-2H3. The van der Waals surface area contributed by atoms with Crippen LogP contribution in [0.4, 0.5) is 17.1 Å². The van der Waals surface area contributed by atoms with Crippen LogP contribution in [0.3, 0.4) is 0 Å². The Morgan fingerprint density at radius 2 is 0.635 bits per heavy atom. The van der Waals surface area contributed by atoms with Crippen molar-refractivity contribution in [1.82, 2.24) is 4.57 Å². The van der Waals surface area contributed by atoms with Crippen LogP contribution in [0.25, 0.3) is 72.0 Å². The molecule has 0 amide bonds. The molecule has 0 unspecified atom stereocenters. The van der Waals surface area contributed by atoms with Crippen LogP contribution in [0.15, 0.2) is 315 Å². The van der Waals surface area contributed by atoms with Gasteiger partial charge in [-0.1, -0.05) is 257 Å². The van der Waals surface area contributed by atoms with Crippen LogP contribution in [0.5, 0.6) is 0 Å². The van der Waals surface area contributed by atoms with Crippen molar-refractivity contribution in [3.8, 4) is 50.2 Å². The van der Waals surface area contributed by atoms with E-state index in [1.54, 1.807) is 0 Å². The zero-order valence-electron chi connectivity index (χ0n) is 47.4. The molecule has 14 aromatic rings. The molecule has 0 radical (unpaired) electrons. The molecule has 2 heteroatoms. The Bertz CT molecular complexity index is 4870. The summed E-state index contributed by atoms with van der Waals surface area (Å²) in [6.07, 6.45) is 0. The fourth-order valence-electron chi connectivity index (χ4n) is 15.7. The van der Waals surface area contributed by atoms with Gasteiger partial charge in [0, 0.05) is 38.9 Å². The first-order valence-corrected chi connectivity index (χ1v) is 29.8. The molecule has 0 N–H and O–H groups in total. The molecule has 1 heterocycles. The second kappa shape index (κ2) is 18.7. The molecule has 0 aliphatic heterocycles. The molecule has 3 aliphatic rings. The van der Waals surface area contributed by atoms with E-state index in [2.05, 4.69) is 339 Å². The van der Waals surface area contributed by atoms with E-state index in [0.29, 0.717) is 0 Å². The van der Waals surface area contributed by atoms with Crippen LogP contribution >= 0.6 is 0 Å². The number of para-hydroxylation sites is 1. The third kappa shape index (κ3) is 7.00. The van der Waals surface area contributed by atoms with Crippen molar-refractivity contribution in [2.45, 2.75) is 30.1 Å². The molecule has 3 aliphatic carbocycles. The predicted molar refractivity (Wildman–Crippen MR) is 353 cm³/mol. The normalized spacial score (nSPS) is 14.3. The molecule has 0 atom stereocenters. The van der Waals surface area contributed by atoms with E-state index in [9.17, 15) is 0 Å². The molecule has 0 spiro atoms. The monoisotopic (exact) mass is 1080 g/mol. The first-order chi connectivity index (χ1) is 41.9. The fraction of sp³-hybridized carbons (Fsp3) is 0.0602. The molecular formula is C83H58N2. The summed E-state index contributed by atoms with van der Waals surface area (Å²) in [7, 11) is 0. The zero-order chi connectivity index (χ0) is 56.4. The Kier molecular flexibility index (Phi) is 10.8. The summed E-state index contributed by atoms with van der Waals surface area (Å²) in [5.41, 5.74) is 28.6. The largest absolute Gasteiger partial charge is 0.310 e. The first kappa shape index (κ1) is 49.1. The maximum atomic E-state index is 2.50. The van der Waals surface area contributed by atoms with E-state index in [-0.39, 0.29) is 5.41 Å². The third-order valence-corrected chi connectivity index (χ3v) is 19.4. The maximum Gasteiger partial charge on any atom is 0.0714 e. The van der Waals surface area contributed by atoms with Crippen molar-refractivity contribution in [3.05, 3.63) is 371 Å². The lowest BCUT2D eigenvalue weighted by Crippen LogP contribution is -2.28. The van der Waals surface area contributed by atoms with Gasteiger partial charge < -0.3 is 9.47 Å². The molecule has 13 aromatic carbocycles. The van der Waals surface area contributed by atoms with E-state index in [1.165, 1.54) is 116 Å². The van der Waals surface area contributed by atoms with Crippen LogP contribution in [0.2, 0.25) is 0 Å². The van der Waals surface area contributed by atoms with Crippen molar-refractivity contribution in [3.63, 3.8) is 0 Å². The number of nitrogens with zero attached hydrogens (tertiary/aromatic N) is 2. The molecule has 400 valence electrons. The number of anilines is 3. The van der Waals surface area contributed by atoms with E-state index in [1.807, 2.05) is 0 Å². The molecule has 17 rings (SSSR count). The quantitative estimate of drug-likeness (QED) is 0.140. The van der Waals surface area contributed by atoms with Crippen molar-refractivity contribution in [1.29, 1.82) is 0 Å². The Hall–Kier alpha value is -10.5. The lowest BCUT2D eigenvalue weighted by atomic mass is 9.67. The van der Waals surface area contributed by atoms with Crippen LogP contribution in [-0.2, 0) is 16.2 Å². The average Bonchev–Trinajstić information content (AvgIpc) is 1.88. The highest BCUT2D eigenvalue weighted by Crippen LogP contribution is 2.59. The second-order valence-corrected chi connectivity index (χ2v) is 23.9. The molecule has 2 nitrogen and oxygen atoms in total. The van der Waals surface area contributed by atoms with Gasteiger partial charge in [0.2, 0.25) is 0 Å². The summed E-state index contributed by atoms with van der Waals surface area (Å²) in [5.74, 6) is 0. The topological polar surface area (TPSA) is 8.17 Å². The summed E-state index contributed by atoms with van der Waals surface area (Å²) < 4.78 is 2.45. The Morgan fingerprint density at radius 1 is 0.259 bits per heavy atom. The van der Waals surface area contributed by atoms with E-state index in [0.717, 1.165) is 28.3 Å². The van der Waals surface area contributed by atoms with Gasteiger partial charge in [-0.15, -0.1) is 0 Å². The van der Waals surface area contributed by atoms with Gasteiger partial charge >= 0.3 is 0 Å². The van der Waals surface area contributed by atoms with Gasteiger partial charge in [-0.3, -0.25) is 0 Å². The van der Waals surface area contributed by atoms with Crippen LogP contribution in [-0.4, -0.2) is 4.57 Å². The van der Waals surface area contributed by atoms with Crippen molar-refractivity contribution < 1.29 is 0 Å². The van der Waals surface area contributed by atoms with Crippen LogP contribution in [0.1, 0.15) is 69.5 Å². The lowest BCUT2D eigenvalue weighted by Gasteiger charge is -2.35. The minimum Gasteiger partial charge on any atom is -0.310 e. The molecule has 0 saturated carbocycles. The van der Waals surface area contributed by atoms with Gasteiger partial charge in [-0.25, -0.2) is 0 Å². The smallest absolute Gasteiger partial charge is 0.0714 e. The van der Waals surface area contributed by atoms with Crippen molar-refractivity contribution >= 4 is 38.9 Å². The number of fused-ring (bicyclic) bond motifs is 12. The van der Waals surface area contributed by atoms with Crippen molar-refractivity contribution in [2.75, 3.05) is 4.90 Å². The highest BCUT2D eigenvalue weighted by molar-refractivity contribution is 6.11. The summed E-state index contributed by atoms with van der Waals surface area (Å²) in [4.78, 5) is 2.49. The maximum absolute atomic E-state index is 2.50. The number of hydrogen-bond donors (Lipinski definition) is 0. The zero-order valence-corrected chi connectivity index (χ0v) is 47.4. The number of rotatable bonds is 9. The minimum absolute atomic E-state index is 0.177. The van der Waals surface area contributed by atoms with Gasteiger partial charge in [0.15, 0.2) is 0 Å². The molecular weight excluding hydrogens is 1020 g/mol. The predicted octanol–water partition coefficient (Wildman–Crippen LogP) is 21.0. The SMILES string of the molecule is CC1(C)c2ccccc2-c2ccc(N(c3ccc(-c4ccc5c(c4)c4cc(C6(c7ccccc7)c7ccccc7-c7ccccc76)ccc4n5-c4ccccc4)cc3)c3ccc4c(c3)C(c3ccccc3)(c3ccccc3)c3ccccc3-4)cc21. The van der Waals surface area contributed by atoms with Crippen LogP contribution in [0, 0.1) is 0 Å². The Morgan fingerprint density at radius 3 is 1.16 bits per heavy atom. The highest BCUT2D eigenvalue weighted by atomic mass is 15.1. The number of benzene rings is 13. The number of aromatic nitrogens is 1. The minimum atomic E-state index is -0.543. The Labute approximate surface area is 496 Å². The second-order valence-electron chi connectivity index (χ2n) is 23.9. The summed E-state index contributed by atoms with van der Waals surface area (Å²) in [6.45, 7) is 4.76.